The van der Waals surface area contributed by atoms with Crippen LogP contribution in [0.1, 0.15) is 6.92 Å². The summed E-state index contributed by atoms with van der Waals surface area (Å²) in [5.41, 5.74) is -0.578. The zero-order chi connectivity index (χ0) is 8.32. The molecule has 0 fully saturated rings. The third-order valence-corrected chi connectivity index (χ3v) is 1.35. The van der Waals surface area contributed by atoms with Crippen molar-refractivity contribution in [2.75, 3.05) is 6.54 Å². The summed E-state index contributed by atoms with van der Waals surface area (Å²) in [6.07, 6.45) is 3.33. The summed E-state index contributed by atoms with van der Waals surface area (Å²) in [5, 5.41) is 10.1. The summed E-state index contributed by atoms with van der Waals surface area (Å²) in [4.78, 5) is 10.5. The number of amides is 1. The zero-order valence-electron chi connectivity index (χ0n) is 6.37. The number of azo groups is 1. The van der Waals surface area contributed by atoms with Crippen LogP contribution in [0, 0.1) is 6.92 Å². The van der Waals surface area contributed by atoms with E-state index in [4.69, 9.17) is 0 Å². The van der Waals surface area contributed by atoms with Crippen LogP contribution in [0.2, 0.25) is 0 Å². The van der Waals surface area contributed by atoms with Gasteiger partial charge in [-0.05, 0) is 13.0 Å². The Bertz CT molecular complexity index is 208. The smallest absolute Gasteiger partial charge is 0.216 e. The lowest BCUT2D eigenvalue weighted by Crippen LogP contribution is -2.36. The number of hydrogen-bond acceptors (Lipinski definition) is 3. The minimum atomic E-state index is -0.578. The van der Waals surface area contributed by atoms with E-state index in [9.17, 15) is 4.79 Å². The van der Waals surface area contributed by atoms with Crippen molar-refractivity contribution in [1.82, 2.24) is 5.32 Å². The van der Waals surface area contributed by atoms with Crippen molar-refractivity contribution < 1.29 is 4.79 Å². The molecule has 0 spiro atoms. The minimum absolute atomic E-state index is 0.0801. The normalized spacial score (nSPS) is 27.5. The molecule has 1 radical (unpaired) electrons. The topological polar surface area (TPSA) is 53.8 Å². The summed E-state index contributed by atoms with van der Waals surface area (Å²) in [5.74, 6) is -0.0801. The largest absolute Gasteiger partial charge is 0.354 e. The molecule has 1 aliphatic heterocycles. The molecule has 0 saturated heterocycles. The van der Waals surface area contributed by atoms with Gasteiger partial charge in [-0.3, -0.25) is 4.79 Å². The molecule has 1 rings (SSSR count). The van der Waals surface area contributed by atoms with E-state index in [-0.39, 0.29) is 5.91 Å². The molecule has 0 aromatic rings. The molecule has 1 unspecified atom stereocenters. The van der Waals surface area contributed by atoms with Gasteiger partial charge in [-0.2, -0.15) is 10.2 Å². The van der Waals surface area contributed by atoms with E-state index in [0.717, 1.165) is 0 Å². The first-order valence-electron chi connectivity index (χ1n) is 3.32. The van der Waals surface area contributed by atoms with Crippen LogP contribution in [0.25, 0.3) is 0 Å². The second-order valence-corrected chi connectivity index (χ2v) is 2.54. The predicted octanol–water partition coefficient (Wildman–Crippen LogP) is 0.675. The van der Waals surface area contributed by atoms with Crippen LogP contribution >= 0.6 is 0 Å². The molecule has 0 aromatic heterocycles. The SMILES string of the molecule is [CH2]C1(CNC(C)=O)C=CN=N1. The maximum Gasteiger partial charge on any atom is 0.216 e. The van der Waals surface area contributed by atoms with Gasteiger partial charge >= 0.3 is 0 Å². The lowest BCUT2D eigenvalue weighted by Gasteiger charge is -2.15. The molecule has 1 amide bonds. The minimum Gasteiger partial charge on any atom is -0.354 e. The Hall–Kier alpha value is -1.19. The predicted molar refractivity (Wildman–Crippen MR) is 40.8 cm³/mol. The number of carbonyl (C=O) groups is 1. The standard InChI is InChI=1S/C7H10N3O/c1-6(11)8-5-7(2)3-4-9-10-7/h3-4H,2,5H2,1H3,(H,8,11). The van der Waals surface area contributed by atoms with Crippen molar-refractivity contribution in [3.63, 3.8) is 0 Å². The monoisotopic (exact) mass is 152 g/mol. The molecule has 1 atom stereocenters. The quantitative estimate of drug-likeness (QED) is 0.621. The van der Waals surface area contributed by atoms with Crippen LogP contribution in [0.4, 0.5) is 0 Å². The van der Waals surface area contributed by atoms with Gasteiger partial charge in [-0.1, -0.05) is 0 Å². The molecule has 59 valence electrons. The summed E-state index contributed by atoms with van der Waals surface area (Å²) in [6.45, 7) is 5.64. The van der Waals surface area contributed by atoms with E-state index >= 15 is 0 Å². The Morgan fingerprint density at radius 2 is 2.55 bits per heavy atom. The van der Waals surface area contributed by atoms with E-state index in [1.807, 2.05) is 0 Å². The molecule has 1 aliphatic rings. The average Bonchev–Trinajstić information content (AvgIpc) is 2.33. The lowest BCUT2D eigenvalue weighted by molar-refractivity contribution is -0.119. The Kier molecular flexibility index (Phi) is 2.03. The van der Waals surface area contributed by atoms with Crippen molar-refractivity contribution in [3.8, 4) is 0 Å². The Labute approximate surface area is 65.4 Å². The molecule has 0 saturated carbocycles. The van der Waals surface area contributed by atoms with E-state index in [2.05, 4.69) is 22.5 Å². The van der Waals surface area contributed by atoms with Gasteiger partial charge in [0.25, 0.3) is 0 Å². The molecular formula is C7H10N3O. The molecule has 4 heteroatoms. The highest BCUT2D eigenvalue weighted by Crippen LogP contribution is 2.16. The van der Waals surface area contributed by atoms with Gasteiger partial charge in [-0.15, -0.1) is 0 Å². The lowest BCUT2D eigenvalue weighted by atomic mass is 10.1. The zero-order valence-corrected chi connectivity index (χ0v) is 6.37. The molecule has 1 N–H and O–H groups in total. The van der Waals surface area contributed by atoms with Gasteiger partial charge in [0.15, 0.2) is 0 Å². The Morgan fingerprint density at radius 1 is 1.82 bits per heavy atom. The van der Waals surface area contributed by atoms with E-state index in [1.54, 1.807) is 12.3 Å². The maximum absolute atomic E-state index is 10.5. The third kappa shape index (κ3) is 2.14. The first-order valence-corrected chi connectivity index (χ1v) is 3.32. The highest BCUT2D eigenvalue weighted by atomic mass is 16.1. The highest BCUT2D eigenvalue weighted by molar-refractivity contribution is 5.73. The van der Waals surface area contributed by atoms with Crippen molar-refractivity contribution in [1.29, 1.82) is 0 Å². The van der Waals surface area contributed by atoms with Crippen molar-refractivity contribution in [3.05, 3.63) is 19.2 Å². The van der Waals surface area contributed by atoms with E-state index in [0.29, 0.717) is 6.54 Å². The molecule has 0 bridgehead atoms. The van der Waals surface area contributed by atoms with E-state index in [1.165, 1.54) is 6.92 Å². The van der Waals surface area contributed by atoms with Crippen LogP contribution in [-0.2, 0) is 4.79 Å². The second kappa shape index (κ2) is 2.82. The van der Waals surface area contributed by atoms with E-state index < -0.39 is 5.54 Å². The molecule has 11 heavy (non-hydrogen) atoms. The Morgan fingerprint density at radius 3 is 3.00 bits per heavy atom. The molecule has 4 nitrogen and oxygen atoms in total. The number of carbonyl (C=O) groups excluding carboxylic acids is 1. The highest BCUT2D eigenvalue weighted by Gasteiger charge is 2.22. The number of rotatable bonds is 2. The van der Waals surface area contributed by atoms with Crippen molar-refractivity contribution >= 4 is 5.91 Å². The summed E-state index contributed by atoms with van der Waals surface area (Å²) in [7, 11) is 0. The van der Waals surface area contributed by atoms with Crippen LogP contribution in [0.5, 0.6) is 0 Å². The first-order chi connectivity index (χ1) is 5.12. The van der Waals surface area contributed by atoms with Crippen LogP contribution in [-0.4, -0.2) is 18.0 Å². The van der Waals surface area contributed by atoms with Crippen LogP contribution < -0.4 is 5.32 Å². The Balaban J connectivity index is 2.42. The average molecular weight is 152 g/mol. The van der Waals surface area contributed by atoms with Gasteiger partial charge in [-0.25, -0.2) is 0 Å². The van der Waals surface area contributed by atoms with Gasteiger partial charge in [0.1, 0.15) is 5.54 Å². The number of hydrogen-bond donors (Lipinski definition) is 1. The fourth-order valence-electron chi connectivity index (χ4n) is 0.726. The second-order valence-electron chi connectivity index (χ2n) is 2.54. The molecule has 0 aromatic carbocycles. The van der Waals surface area contributed by atoms with Gasteiger partial charge in [0.05, 0.1) is 0 Å². The van der Waals surface area contributed by atoms with Gasteiger partial charge in [0, 0.05) is 19.7 Å². The van der Waals surface area contributed by atoms with Gasteiger partial charge in [0.2, 0.25) is 5.91 Å². The molecular weight excluding hydrogens is 142 g/mol. The van der Waals surface area contributed by atoms with Crippen molar-refractivity contribution in [2.45, 2.75) is 12.5 Å². The van der Waals surface area contributed by atoms with Crippen LogP contribution in [0.3, 0.4) is 0 Å². The number of nitrogens with zero attached hydrogens (tertiary/aromatic N) is 2. The molecule has 1 heterocycles. The fraction of sp³-hybridized carbons (Fsp3) is 0.429. The fourth-order valence-corrected chi connectivity index (χ4v) is 0.726. The van der Waals surface area contributed by atoms with Crippen molar-refractivity contribution in [2.24, 2.45) is 10.2 Å². The summed E-state index contributed by atoms with van der Waals surface area (Å²) >= 11 is 0. The maximum atomic E-state index is 10.5. The number of nitrogens with one attached hydrogen (secondary N) is 1. The summed E-state index contributed by atoms with van der Waals surface area (Å²) in [6, 6.07) is 0. The van der Waals surface area contributed by atoms with Gasteiger partial charge < -0.3 is 5.32 Å². The molecule has 0 aliphatic carbocycles. The first kappa shape index (κ1) is 7.91. The summed E-state index contributed by atoms with van der Waals surface area (Å²) < 4.78 is 0. The van der Waals surface area contributed by atoms with Crippen LogP contribution in [0.15, 0.2) is 22.5 Å². The third-order valence-electron chi connectivity index (χ3n) is 1.35.